The Hall–Kier alpha value is -2.62. The lowest BCUT2D eigenvalue weighted by molar-refractivity contribution is -0.0857. The first-order valence-electron chi connectivity index (χ1n) is 11.4. The summed E-state index contributed by atoms with van der Waals surface area (Å²) >= 11 is 0. The summed E-state index contributed by atoms with van der Waals surface area (Å²) < 4.78 is 45.7. The van der Waals surface area contributed by atoms with Crippen LogP contribution >= 0.6 is 0 Å². The molecule has 0 aliphatic carbocycles. The Morgan fingerprint density at radius 3 is 2.15 bits per heavy atom. The second-order valence-corrected chi connectivity index (χ2v) is 10.8. The molecule has 2 saturated heterocycles. The Balaban J connectivity index is 1.55. The monoisotopic (exact) mass is 488 g/mol. The van der Waals surface area contributed by atoms with Gasteiger partial charge in [0.2, 0.25) is 10.0 Å². The minimum absolute atomic E-state index is 0.131. The number of carbonyl (C=O) groups is 1. The maximum atomic E-state index is 13.8. The van der Waals surface area contributed by atoms with Crippen molar-refractivity contribution in [3.8, 4) is 11.5 Å². The molecule has 0 bridgehead atoms. The highest BCUT2D eigenvalue weighted by molar-refractivity contribution is 7.89. The van der Waals surface area contributed by atoms with Gasteiger partial charge in [0.25, 0.3) is 5.91 Å². The van der Waals surface area contributed by atoms with Gasteiger partial charge >= 0.3 is 0 Å². The van der Waals surface area contributed by atoms with Crippen molar-refractivity contribution in [2.45, 2.75) is 44.2 Å². The fourth-order valence-corrected chi connectivity index (χ4v) is 7.36. The lowest BCUT2D eigenvalue weighted by atomic mass is 10.00. The zero-order valence-electron chi connectivity index (χ0n) is 20.4. The number of hydrogen-bond acceptors (Lipinski definition) is 6. The van der Waals surface area contributed by atoms with Gasteiger partial charge in [0.05, 0.1) is 25.7 Å². The van der Waals surface area contributed by atoms with Gasteiger partial charge in [0.15, 0.2) is 11.5 Å². The van der Waals surface area contributed by atoms with Gasteiger partial charge in [-0.2, -0.15) is 4.31 Å². The smallest absolute Gasteiger partial charge is 0.253 e. The predicted molar refractivity (Wildman–Crippen MR) is 128 cm³/mol. The SMILES string of the molecule is COc1ccc(C(=O)N2CCC3(CC2)OCCN3S(=O)(=O)c2c(C)cc(C)cc2C)cc1OC. The number of methoxy groups -OCH3 is 2. The van der Waals surface area contributed by atoms with Crippen LogP contribution in [0, 0.1) is 20.8 Å². The van der Waals surface area contributed by atoms with Gasteiger partial charge < -0.3 is 19.1 Å². The molecule has 0 saturated carbocycles. The summed E-state index contributed by atoms with van der Waals surface area (Å²) in [4.78, 5) is 15.2. The molecule has 4 rings (SSSR count). The van der Waals surface area contributed by atoms with Gasteiger partial charge in [-0.15, -0.1) is 0 Å². The van der Waals surface area contributed by atoms with Crippen molar-refractivity contribution in [1.82, 2.24) is 9.21 Å². The highest BCUT2D eigenvalue weighted by Gasteiger charge is 2.51. The van der Waals surface area contributed by atoms with E-state index in [-0.39, 0.29) is 5.91 Å². The van der Waals surface area contributed by atoms with Crippen molar-refractivity contribution in [1.29, 1.82) is 0 Å². The average molecular weight is 489 g/mol. The number of likely N-dealkylation sites (tertiary alicyclic amines) is 1. The third-order valence-corrected chi connectivity index (χ3v) is 8.99. The van der Waals surface area contributed by atoms with E-state index >= 15 is 0 Å². The molecule has 0 aromatic heterocycles. The Labute approximate surface area is 201 Å². The maximum Gasteiger partial charge on any atom is 0.253 e. The van der Waals surface area contributed by atoms with Crippen LogP contribution in [0.25, 0.3) is 0 Å². The summed E-state index contributed by atoms with van der Waals surface area (Å²) in [5, 5.41) is 0. The van der Waals surface area contributed by atoms with E-state index in [1.807, 2.05) is 32.9 Å². The molecule has 0 unspecified atom stereocenters. The van der Waals surface area contributed by atoms with Crippen LogP contribution in [0.2, 0.25) is 0 Å². The van der Waals surface area contributed by atoms with Gasteiger partial charge in [-0.05, 0) is 50.1 Å². The van der Waals surface area contributed by atoms with Crippen molar-refractivity contribution in [3.05, 3.63) is 52.6 Å². The molecule has 2 heterocycles. The van der Waals surface area contributed by atoms with Crippen molar-refractivity contribution < 1.29 is 27.4 Å². The van der Waals surface area contributed by atoms with Crippen molar-refractivity contribution in [3.63, 3.8) is 0 Å². The maximum absolute atomic E-state index is 13.8. The van der Waals surface area contributed by atoms with Gasteiger partial charge in [0, 0.05) is 38.0 Å². The first-order chi connectivity index (χ1) is 16.1. The van der Waals surface area contributed by atoms with E-state index in [2.05, 4.69) is 0 Å². The Kier molecular flexibility index (Phi) is 6.63. The number of benzene rings is 2. The summed E-state index contributed by atoms with van der Waals surface area (Å²) in [6.45, 7) is 7.06. The highest BCUT2D eigenvalue weighted by atomic mass is 32.2. The largest absolute Gasteiger partial charge is 0.493 e. The summed E-state index contributed by atoms with van der Waals surface area (Å²) in [6, 6.07) is 8.87. The van der Waals surface area contributed by atoms with E-state index in [0.29, 0.717) is 61.0 Å². The highest BCUT2D eigenvalue weighted by Crippen LogP contribution is 2.40. The number of sulfonamides is 1. The summed E-state index contributed by atoms with van der Waals surface area (Å²) in [6.07, 6.45) is 0.824. The zero-order chi connectivity index (χ0) is 24.7. The van der Waals surface area contributed by atoms with E-state index in [1.54, 1.807) is 30.2 Å². The van der Waals surface area contributed by atoms with Gasteiger partial charge in [-0.3, -0.25) is 4.79 Å². The van der Waals surface area contributed by atoms with Crippen LogP contribution in [-0.4, -0.2) is 69.7 Å². The molecular weight excluding hydrogens is 456 g/mol. The summed E-state index contributed by atoms with van der Waals surface area (Å²) in [5.41, 5.74) is 2.07. The molecule has 184 valence electrons. The van der Waals surface area contributed by atoms with E-state index in [0.717, 1.165) is 16.7 Å². The van der Waals surface area contributed by atoms with E-state index in [4.69, 9.17) is 14.2 Å². The number of rotatable bonds is 5. The minimum atomic E-state index is -3.76. The molecular formula is C25H32N2O6S. The third-order valence-electron chi connectivity index (χ3n) is 6.73. The number of ether oxygens (including phenoxy) is 3. The summed E-state index contributed by atoms with van der Waals surface area (Å²) in [7, 11) is -0.682. The number of hydrogen-bond donors (Lipinski definition) is 0. The predicted octanol–water partition coefficient (Wildman–Crippen LogP) is 3.28. The molecule has 2 aliphatic rings. The first-order valence-corrected chi connectivity index (χ1v) is 12.8. The van der Waals surface area contributed by atoms with Gasteiger partial charge in [0.1, 0.15) is 5.72 Å². The van der Waals surface area contributed by atoms with Crippen LogP contribution in [-0.2, 0) is 14.8 Å². The molecule has 9 heteroatoms. The topological polar surface area (TPSA) is 85.4 Å². The quantitative estimate of drug-likeness (QED) is 0.642. The van der Waals surface area contributed by atoms with Crippen molar-refractivity contribution >= 4 is 15.9 Å². The second-order valence-electron chi connectivity index (χ2n) is 8.96. The molecule has 2 aromatic carbocycles. The molecule has 8 nitrogen and oxygen atoms in total. The summed E-state index contributed by atoms with van der Waals surface area (Å²) in [5.74, 6) is 0.911. The van der Waals surface area contributed by atoms with Gasteiger partial charge in [-0.25, -0.2) is 8.42 Å². The Morgan fingerprint density at radius 1 is 0.941 bits per heavy atom. The molecule has 0 atom stereocenters. The molecule has 0 radical (unpaired) electrons. The van der Waals surface area contributed by atoms with Crippen LogP contribution < -0.4 is 9.47 Å². The van der Waals surface area contributed by atoms with Crippen LogP contribution in [0.15, 0.2) is 35.2 Å². The molecule has 2 fully saturated rings. The first kappa shape index (κ1) is 24.5. The number of carbonyl (C=O) groups excluding carboxylic acids is 1. The Morgan fingerprint density at radius 2 is 1.56 bits per heavy atom. The van der Waals surface area contributed by atoms with Crippen LogP contribution in [0.3, 0.4) is 0 Å². The van der Waals surface area contributed by atoms with E-state index in [9.17, 15) is 13.2 Å². The second kappa shape index (κ2) is 9.20. The van der Waals surface area contributed by atoms with Crippen LogP contribution in [0.5, 0.6) is 11.5 Å². The number of amides is 1. The zero-order valence-corrected chi connectivity index (χ0v) is 21.2. The molecule has 1 amide bonds. The van der Waals surface area contributed by atoms with Crippen LogP contribution in [0.4, 0.5) is 0 Å². The lowest BCUT2D eigenvalue weighted by Crippen LogP contribution is -2.55. The number of aryl methyl sites for hydroxylation is 3. The van der Waals surface area contributed by atoms with Gasteiger partial charge in [-0.1, -0.05) is 17.7 Å². The molecule has 0 N–H and O–H groups in total. The molecule has 1 spiro atoms. The van der Waals surface area contributed by atoms with Crippen LogP contribution in [0.1, 0.15) is 39.9 Å². The molecule has 34 heavy (non-hydrogen) atoms. The fourth-order valence-electron chi connectivity index (χ4n) is 5.22. The lowest BCUT2D eigenvalue weighted by Gasteiger charge is -2.43. The average Bonchev–Trinajstić information content (AvgIpc) is 3.21. The standard InChI is InChI=1S/C25H32N2O6S/c1-17-14-18(2)23(19(3)15-17)34(29,30)27-12-13-33-25(27)8-10-26(11-9-25)24(28)20-6-7-21(31-4)22(16-20)32-5/h6-7,14-16H,8-13H2,1-5H3. The normalized spacial score (nSPS) is 18.3. The van der Waals surface area contributed by atoms with E-state index in [1.165, 1.54) is 11.4 Å². The third kappa shape index (κ3) is 4.16. The molecule has 2 aromatic rings. The number of nitrogens with zero attached hydrogens (tertiary/aromatic N) is 2. The Bertz CT molecular complexity index is 1180. The number of piperidine rings is 1. The van der Waals surface area contributed by atoms with E-state index < -0.39 is 15.7 Å². The van der Waals surface area contributed by atoms with Crippen molar-refractivity contribution in [2.24, 2.45) is 0 Å². The minimum Gasteiger partial charge on any atom is -0.493 e. The fraction of sp³-hybridized carbons (Fsp3) is 0.480. The molecule has 2 aliphatic heterocycles. The van der Waals surface area contributed by atoms with Crippen molar-refractivity contribution in [2.75, 3.05) is 40.5 Å².